The van der Waals surface area contributed by atoms with Crippen LogP contribution < -0.4 is 0 Å². The van der Waals surface area contributed by atoms with Gasteiger partial charge in [0.25, 0.3) is 0 Å². The number of β-amino-alcohol motifs (C(OH)–C–C–N with tert-alkyl or cyclic N) is 1. The minimum absolute atomic E-state index is 0.559. The fourth-order valence-corrected chi connectivity index (χ4v) is 2.43. The van der Waals surface area contributed by atoms with E-state index in [9.17, 15) is 5.11 Å². The van der Waals surface area contributed by atoms with Gasteiger partial charge in [0.2, 0.25) is 0 Å². The first-order valence-electron chi connectivity index (χ1n) is 5.46. The normalized spacial score (nSPS) is 28.2. The fraction of sp³-hybridized carbons (Fsp3) is 0.727. The van der Waals surface area contributed by atoms with Crippen LogP contribution in [0, 0.1) is 0 Å². The van der Waals surface area contributed by atoms with E-state index in [1.165, 1.54) is 0 Å². The smallest absolute Gasteiger partial charge is 0.0815 e. The minimum atomic E-state index is -0.559. The zero-order valence-electron chi connectivity index (χ0n) is 9.48. The van der Waals surface area contributed by atoms with Gasteiger partial charge in [0.15, 0.2) is 0 Å². The third-order valence-corrected chi connectivity index (χ3v) is 3.04. The van der Waals surface area contributed by atoms with Crippen molar-refractivity contribution in [2.75, 3.05) is 20.1 Å². The topological polar surface area (TPSA) is 41.3 Å². The van der Waals surface area contributed by atoms with E-state index >= 15 is 0 Å². The summed E-state index contributed by atoms with van der Waals surface area (Å²) in [4.78, 5) is 2.19. The predicted molar refractivity (Wildman–Crippen MR) is 58.6 cm³/mol. The fourth-order valence-electron chi connectivity index (χ4n) is 2.43. The highest BCUT2D eigenvalue weighted by atomic mass is 16.3. The molecule has 1 saturated heterocycles. The Morgan fingerprint density at radius 1 is 1.53 bits per heavy atom. The van der Waals surface area contributed by atoms with Crippen molar-refractivity contribution in [3.63, 3.8) is 0 Å². The Labute approximate surface area is 90.5 Å². The Balaban J connectivity index is 2.03. The second kappa shape index (κ2) is 3.94. The largest absolute Gasteiger partial charge is 0.388 e. The average Bonchev–Trinajstić information content (AvgIpc) is 2.49. The molecule has 0 amide bonds. The van der Waals surface area contributed by atoms with Crippen molar-refractivity contribution < 1.29 is 5.11 Å². The average molecular weight is 209 g/mol. The molecule has 1 aliphatic heterocycles. The highest BCUT2D eigenvalue weighted by Gasteiger charge is 2.32. The molecular formula is C11H19N3O. The minimum Gasteiger partial charge on any atom is -0.388 e. The molecule has 2 heterocycles. The number of likely N-dealkylation sites (N-methyl/N-ethyl adjacent to an activating group) is 1. The number of hydrogen-bond donors (Lipinski definition) is 1. The highest BCUT2D eigenvalue weighted by Crippen LogP contribution is 2.24. The zero-order valence-corrected chi connectivity index (χ0v) is 9.48. The summed E-state index contributed by atoms with van der Waals surface area (Å²) in [6.45, 7) is 1.86. The quantitative estimate of drug-likeness (QED) is 0.767. The lowest BCUT2D eigenvalue weighted by molar-refractivity contribution is -0.0223. The molecular weight excluding hydrogens is 190 g/mol. The summed E-state index contributed by atoms with van der Waals surface area (Å²) in [6, 6.07) is 0. The number of hydrogen-bond acceptors (Lipinski definition) is 3. The number of likely N-dealkylation sites (tertiary alicyclic amines) is 1. The maximum Gasteiger partial charge on any atom is 0.0815 e. The van der Waals surface area contributed by atoms with Crippen molar-refractivity contribution in [2.24, 2.45) is 7.05 Å². The Kier molecular flexibility index (Phi) is 2.80. The predicted octanol–water partition coefficient (Wildman–Crippen LogP) is 0.419. The summed E-state index contributed by atoms with van der Waals surface area (Å²) in [5, 5.41) is 14.5. The first kappa shape index (κ1) is 10.6. The molecule has 1 aromatic heterocycles. The second-order valence-corrected chi connectivity index (χ2v) is 4.76. The standard InChI is InChI=1S/C11H19N3O/c1-13-5-3-4-11(15,9-13)6-10-7-12-14(2)8-10/h7-8,15H,3-6,9H2,1-2H3. The van der Waals surface area contributed by atoms with Gasteiger partial charge in [-0.05, 0) is 32.0 Å². The Morgan fingerprint density at radius 3 is 2.93 bits per heavy atom. The lowest BCUT2D eigenvalue weighted by atomic mass is 9.88. The zero-order chi connectivity index (χ0) is 10.9. The Bertz CT molecular complexity index is 336. The molecule has 1 atom stereocenters. The maximum atomic E-state index is 10.4. The van der Waals surface area contributed by atoms with E-state index < -0.39 is 5.60 Å². The van der Waals surface area contributed by atoms with Gasteiger partial charge in [-0.25, -0.2) is 0 Å². The lowest BCUT2D eigenvalue weighted by Gasteiger charge is -2.37. The number of aromatic nitrogens is 2. The first-order chi connectivity index (χ1) is 7.07. The molecule has 1 aliphatic rings. The van der Waals surface area contributed by atoms with Crippen LogP contribution in [0.2, 0.25) is 0 Å². The Morgan fingerprint density at radius 2 is 2.33 bits per heavy atom. The van der Waals surface area contributed by atoms with Crippen LogP contribution >= 0.6 is 0 Å². The molecule has 4 heteroatoms. The van der Waals surface area contributed by atoms with Gasteiger partial charge < -0.3 is 10.0 Å². The van der Waals surface area contributed by atoms with E-state index in [-0.39, 0.29) is 0 Å². The van der Waals surface area contributed by atoms with Crippen molar-refractivity contribution in [1.29, 1.82) is 0 Å². The van der Waals surface area contributed by atoms with Crippen LogP contribution in [0.4, 0.5) is 0 Å². The molecule has 0 aromatic carbocycles. The molecule has 1 fully saturated rings. The third-order valence-electron chi connectivity index (χ3n) is 3.04. The first-order valence-corrected chi connectivity index (χ1v) is 5.46. The van der Waals surface area contributed by atoms with Gasteiger partial charge in [0.05, 0.1) is 11.8 Å². The van der Waals surface area contributed by atoms with E-state index in [1.54, 1.807) is 4.68 Å². The van der Waals surface area contributed by atoms with Crippen LogP contribution in [0.5, 0.6) is 0 Å². The highest BCUT2D eigenvalue weighted by molar-refractivity contribution is 5.09. The Hall–Kier alpha value is -0.870. The van der Waals surface area contributed by atoms with E-state index in [1.807, 2.05) is 19.4 Å². The molecule has 15 heavy (non-hydrogen) atoms. The molecule has 1 N–H and O–H groups in total. The molecule has 0 spiro atoms. The van der Waals surface area contributed by atoms with E-state index in [0.29, 0.717) is 6.42 Å². The molecule has 0 aliphatic carbocycles. The maximum absolute atomic E-state index is 10.4. The molecule has 0 bridgehead atoms. The van der Waals surface area contributed by atoms with E-state index in [0.717, 1.165) is 31.5 Å². The third kappa shape index (κ3) is 2.58. The van der Waals surface area contributed by atoms with Crippen molar-refractivity contribution in [3.05, 3.63) is 18.0 Å². The number of aryl methyl sites for hydroxylation is 1. The van der Waals surface area contributed by atoms with Crippen LogP contribution in [0.25, 0.3) is 0 Å². The molecule has 2 rings (SSSR count). The van der Waals surface area contributed by atoms with Crippen LogP contribution in [-0.4, -0.2) is 45.5 Å². The van der Waals surface area contributed by atoms with Crippen molar-refractivity contribution >= 4 is 0 Å². The van der Waals surface area contributed by atoms with Crippen LogP contribution in [-0.2, 0) is 13.5 Å². The van der Waals surface area contributed by atoms with Gasteiger partial charge in [-0.3, -0.25) is 4.68 Å². The molecule has 0 saturated carbocycles. The van der Waals surface area contributed by atoms with Crippen molar-refractivity contribution in [2.45, 2.75) is 24.9 Å². The van der Waals surface area contributed by atoms with E-state index in [2.05, 4.69) is 17.0 Å². The number of aliphatic hydroxyl groups is 1. The van der Waals surface area contributed by atoms with Crippen molar-refractivity contribution in [3.8, 4) is 0 Å². The van der Waals surface area contributed by atoms with Gasteiger partial charge in [0, 0.05) is 26.2 Å². The molecule has 1 aromatic rings. The molecule has 4 nitrogen and oxygen atoms in total. The SMILES string of the molecule is CN1CCCC(O)(Cc2cnn(C)c2)C1. The van der Waals surface area contributed by atoms with Crippen LogP contribution in [0.1, 0.15) is 18.4 Å². The summed E-state index contributed by atoms with van der Waals surface area (Å²) in [7, 11) is 3.97. The van der Waals surface area contributed by atoms with Crippen LogP contribution in [0.3, 0.4) is 0 Å². The molecule has 1 unspecified atom stereocenters. The number of piperidine rings is 1. The lowest BCUT2D eigenvalue weighted by Crippen LogP contribution is -2.47. The summed E-state index contributed by atoms with van der Waals surface area (Å²) < 4.78 is 1.78. The number of rotatable bonds is 2. The monoisotopic (exact) mass is 209 g/mol. The second-order valence-electron chi connectivity index (χ2n) is 4.76. The van der Waals surface area contributed by atoms with Crippen LogP contribution in [0.15, 0.2) is 12.4 Å². The summed E-state index contributed by atoms with van der Waals surface area (Å²) in [6.07, 6.45) is 6.50. The summed E-state index contributed by atoms with van der Waals surface area (Å²) in [5.41, 5.74) is 0.561. The number of nitrogens with zero attached hydrogens (tertiary/aromatic N) is 3. The summed E-state index contributed by atoms with van der Waals surface area (Å²) in [5.74, 6) is 0. The van der Waals surface area contributed by atoms with Gasteiger partial charge in [-0.1, -0.05) is 0 Å². The van der Waals surface area contributed by atoms with E-state index in [4.69, 9.17) is 0 Å². The summed E-state index contributed by atoms with van der Waals surface area (Å²) >= 11 is 0. The van der Waals surface area contributed by atoms with Crippen molar-refractivity contribution in [1.82, 2.24) is 14.7 Å². The molecule has 0 radical (unpaired) electrons. The van der Waals surface area contributed by atoms with Gasteiger partial charge in [0.1, 0.15) is 0 Å². The molecule has 84 valence electrons. The van der Waals surface area contributed by atoms with Gasteiger partial charge >= 0.3 is 0 Å². The van der Waals surface area contributed by atoms with Gasteiger partial charge in [-0.15, -0.1) is 0 Å². The van der Waals surface area contributed by atoms with Gasteiger partial charge in [-0.2, -0.15) is 5.10 Å².